The van der Waals surface area contributed by atoms with Crippen LogP contribution in [0.5, 0.6) is 0 Å². The number of nitrogens with zero attached hydrogens (tertiary/aromatic N) is 1. The van der Waals surface area contributed by atoms with E-state index in [-0.39, 0.29) is 17.5 Å². The maximum Gasteiger partial charge on any atom is 0.347 e. The molecule has 0 unspecified atom stereocenters. The molecule has 2 aromatic rings. The van der Waals surface area contributed by atoms with Gasteiger partial charge in [0.15, 0.2) is 0 Å². The summed E-state index contributed by atoms with van der Waals surface area (Å²) in [7, 11) is 0. The van der Waals surface area contributed by atoms with Crippen molar-refractivity contribution in [1.29, 1.82) is 0 Å². The molecule has 0 aliphatic rings. The van der Waals surface area contributed by atoms with E-state index < -0.39 is 5.97 Å². The van der Waals surface area contributed by atoms with Crippen LogP contribution in [0.25, 0.3) is 0 Å². The monoisotopic (exact) mass is 389 g/mol. The van der Waals surface area contributed by atoms with Gasteiger partial charge in [-0.3, -0.25) is 0 Å². The fourth-order valence-corrected chi connectivity index (χ4v) is 3.83. The first-order valence-electron chi connectivity index (χ1n) is 5.90. The van der Waals surface area contributed by atoms with Crippen LogP contribution in [0.15, 0.2) is 15.9 Å². The van der Waals surface area contributed by atoms with Crippen LogP contribution in [-0.4, -0.2) is 22.1 Å². The number of thiophene rings is 1. The maximum absolute atomic E-state index is 11.7. The summed E-state index contributed by atoms with van der Waals surface area (Å²) in [6, 6.07) is 1.60. The van der Waals surface area contributed by atoms with E-state index in [1.165, 1.54) is 0 Å². The summed E-state index contributed by atoms with van der Waals surface area (Å²) in [6.07, 6.45) is 0. The second-order valence-corrected chi connectivity index (χ2v) is 6.99. The number of carbonyl (C=O) groups excluding carboxylic acids is 1. The Bertz CT molecular complexity index is 669. The fourth-order valence-electron chi connectivity index (χ4n) is 1.56. The number of carboxylic acids is 1. The highest BCUT2D eigenvalue weighted by Gasteiger charge is 2.14. The van der Waals surface area contributed by atoms with E-state index in [0.717, 1.165) is 20.7 Å². The van der Waals surface area contributed by atoms with Crippen molar-refractivity contribution < 1.29 is 14.7 Å². The first-order chi connectivity index (χ1) is 9.97. The molecule has 0 radical (unpaired) electrons. The van der Waals surface area contributed by atoms with Crippen LogP contribution in [0.3, 0.4) is 0 Å². The number of halogens is 1. The van der Waals surface area contributed by atoms with Crippen molar-refractivity contribution in [3.05, 3.63) is 36.4 Å². The van der Waals surface area contributed by atoms with Crippen molar-refractivity contribution in [1.82, 2.24) is 15.6 Å². The zero-order chi connectivity index (χ0) is 15.4. The first-order valence-corrected chi connectivity index (χ1v) is 8.39. The van der Waals surface area contributed by atoms with Crippen molar-refractivity contribution >= 4 is 50.6 Å². The van der Waals surface area contributed by atoms with E-state index in [1.54, 1.807) is 18.3 Å². The van der Waals surface area contributed by atoms with Gasteiger partial charge < -0.3 is 15.7 Å². The van der Waals surface area contributed by atoms with Gasteiger partial charge in [-0.25, -0.2) is 14.6 Å². The van der Waals surface area contributed by atoms with E-state index in [2.05, 4.69) is 31.5 Å². The number of aryl methyl sites for hydroxylation is 1. The van der Waals surface area contributed by atoms with E-state index in [1.807, 2.05) is 11.4 Å². The van der Waals surface area contributed by atoms with Crippen LogP contribution in [0, 0.1) is 6.92 Å². The van der Waals surface area contributed by atoms with E-state index in [9.17, 15) is 9.59 Å². The Hall–Kier alpha value is -1.45. The third kappa shape index (κ3) is 4.26. The Morgan fingerprint density at radius 1 is 1.38 bits per heavy atom. The number of hydrogen-bond acceptors (Lipinski definition) is 5. The summed E-state index contributed by atoms with van der Waals surface area (Å²) in [5, 5.41) is 16.8. The Morgan fingerprint density at radius 2 is 2.10 bits per heavy atom. The highest BCUT2D eigenvalue weighted by atomic mass is 79.9. The number of aromatic carboxylic acids is 1. The number of amides is 2. The van der Waals surface area contributed by atoms with Gasteiger partial charge in [-0.1, -0.05) is 0 Å². The molecule has 0 bridgehead atoms. The van der Waals surface area contributed by atoms with Gasteiger partial charge in [-0.2, -0.15) is 0 Å². The predicted octanol–water partition coefficient (Wildman–Crippen LogP) is 2.97. The van der Waals surface area contributed by atoms with E-state index in [0.29, 0.717) is 17.2 Å². The Balaban J connectivity index is 1.82. The minimum absolute atomic E-state index is 0.203. The van der Waals surface area contributed by atoms with Gasteiger partial charge >= 0.3 is 12.0 Å². The molecule has 6 nitrogen and oxygen atoms in total. The molecule has 2 heterocycles. The zero-order valence-corrected chi connectivity index (χ0v) is 14.2. The Labute approximate surface area is 137 Å². The average Bonchev–Trinajstić information content (AvgIpc) is 3.00. The first kappa shape index (κ1) is 15.9. The molecule has 0 aliphatic carbocycles. The molecule has 2 amide bonds. The van der Waals surface area contributed by atoms with Crippen LogP contribution in [0.1, 0.15) is 25.3 Å². The van der Waals surface area contributed by atoms with Gasteiger partial charge in [0.25, 0.3) is 0 Å². The van der Waals surface area contributed by atoms with Crippen LogP contribution >= 0.6 is 38.6 Å². The number of urea groups is 1. The van der Waals surface area contributed by atoms with Gasteiger partial charge in [0, 0.05) is 9.35 Å². The third-order valence-corrected chi connectivity index (χ3v) is 5.61. The largest absolute Gasteiger partial charge is 0.477 e. The van der Waals surface area contributed by atoms with Gasteiger partial charge in [0.1, 0.15) is 9.88 Å². The smallest absolute Gasteiger partial charge is 0.347 e. The molecule has 0 spiro atoms. The van der Waals surface area contributed by atoms with Gasteiger partial charge in [0.2, 0.25) is 0 Å². The van der Waals surface area contributed by atoms with Crippen molar-refractivity contribution in [2.75, 3.05) is 0 Å². The molecule has 112 valence electrons. The minimum atomic E-state index is -0.997. The Kier molecular flexibility index (Phi) is 5.32. The molecule has 0 fully saturated rings. The predicted molar refractivity (Wildman–Crippen MR) is 84.9 cm³/mol. The molecule has 3 N–H and O–H groups in total. The number of carbonyl (C=O) groups is 2. The number of rotatable bonds is 5. The minimum Gasteiger partial charge on any atom is -0.477 e. The third-order valence-electron chi connectivity index (χ3n) is 2.54. The summed E-state index contributed by atoms with van der Waals surface area (Å²) >= 11 is 6.01. The maximum atomic E-state index is 11.7. The van der Waals surface area contributed by atoms with E-state index in [4.69, 9.17) is 5.11 Å². The number of carboxylic acid groups (broad SMARTS) is 1. The molecule has 0 atom stereocenters. The van der Waals surface area contributed by atoms with E-state index >= 15 is 0 Å². The number of thiazole rings is 1. The Morgan fingerprint density at radius 3 is 2.67 bits per heavy atom. The lowest BCUT2D eigenvalue weighted by atomic mass is 10.4. The average molecular weight is 390 g/mol. The lowest BCUT2D eigenvalue weighted by Gasteiger charge is -2.05. The van der Waals surface area contributed by atoms with Crippen LogP contribution in [0.4, 0.5) is 4.79 Å². The number of aromatic nitrogens is 1. The molecular formula is C12H12BrN3O3S2. The lowest BCUT2D eigenvalue weighted by Crippen LogP contribution is -2.34. The molecule has 0 saturated carbocycles. The van der Waals surface area contributed by atoms with Crippen molar-refractivity contribution in [2.45, 2.75) is 20.0 Å². The quantitative estimate of drug-likeness (QED) is 0.732. The molecule has 9 heteroatoms. The van der Waals surface area contributed by atoms with Crippen LogP contribution in [-0.2, 0) is 13.1 Å². The molecule has 21 heavy (non-hydrogen) atoms. The van der Waals surface area contributed by atoms with Crippen LogP contribution in [0.2, 0.25) is 0 Å². The molecule has 0 saturated heterocycles. The molecular weight excluding hydrogens is 378 g/mol. The topological polar surface area (TPSA) is 91.3 Å². The second-order valence-electron chi connectivity index (χ2n) is 4.06. The summed E-state index contributed by atoms with van der Waals surface area (Å²) in [6.45, 7) is 2.27. The zero-order valence-electron chi connectivity index (χ0n) is 11.0. The summed E-state index contributed by atoms with van der Waals surface area (Å²) in [4.78, 5) is 27.9. The standard InChI is InChI=1S/C12H12BrN3O3S2/c1-6-10(11(17)18)21-9(16-6)5-15-12(19)14-4-8-7(13)2-3-20-8/h2-3H,4-5H2,1H3,(H,17,18)(H2,14,15,19). The van der Waals surface area contributed by atoms with Crippen molar-refractivity contribution in [2.24, 2.45) is 0 Å². The van der Waals surface area contributed by atoms with Gasteiger partial charge in [-0.05, 0) is 34.3 Å². The summed E-state index contributed by atoms with van der Waals surface area (Å²) < 4.78 is 0.967. The number of nitrogens with one attached hydrogen (secondary N) is 2. The van der Waals surface area contributed by atoms with Crippen molar-refractivity contribution in [3.8, 4) is 0 Å². The lowest BCUT2D eigenvalue weighted by molar-refractivity contribution is 0.0701. The molecule has 0 aliphatic heterocycles. The van der Waals surface area contributed by atoms with Gasteiger partial charge in [-0.15, -0.1) is 22.7 Å². The summed E-state index contributed by atoms with van der Waals surface area (Å²) in [5.74, 6) is -0.997. The normalized spacial score (nSPS) is 10.4. The molecule has 2 rings (SSSR count). The molecule has 2 aromatic heterocycles. The summed E-state index contributed by atoms with van der Waals surface area (Å²) in [5.41, 5.74) is 0.465. The SMILES string of the molecule is Cc1nc(CNC(=O)NCc2sccc2Br)sc1C(=O)O. The molecule has 0 aromatic carbocycles. The highest BCUT2D eigenvalue weighted by Crippen LogP contribution is 2.22. The fraction of sp³-hybridized carbons (Fsp3) is 0.250. The van der Waals surface area contributed by atoms with Gasteiger partial charge in [0.05, 0.1) is 18.8 Å². The number of hydrogen-bond donors (Lipinski definition) is 3. The second kappa shape index (κ2) is 7.01. The van der Waals surface area contributed by atoms with Crippen LogP contribution < -0.4 is 10.6 Å². The highest BCUT2D eigenvalue weighted by molar-refractivity contribution is 9.10. The van der Waals surface area contributed by atoms with Crippen molar-refractivity contribution in [3.63, 3.8) is 0 Å².